The molecule has 1 atom stereocenters. The number of aromatic nitrogens is 2. The van der Waals surface area contributed by atoms with Crippen LogP contribution in [0.2, 0.25) is 5.28 Å². The van der Waals surface area contributed by atoms with Crippen molar-refractivity contribution in [2.24, 2.45) is 4.99 Å². The summed E-state index contributed by atoms with van der Waals surface area (Å²) in [6.07, 6.45) is 7.33. The third-order valence-corrected chi connectivity index (χ3v) is 5.72. The van der Waals surface area contributed by atoms with Crippen molar-refractivity contribution in [1.29, 1.82) is 0 Å². The van der Waals surface area contributed by atoms with Gasteiger partial charge in [0, 0.05) is 24.4 Å². The molecule has 0 bridgehead atoms. The van der Waals surface area contributed by atoms with E-state index >= 15 is 0 Å². The van der Waals surface area contributed by atoms with Gasteiger partial charge in [-0.3, -0.25) is 9.89 Å². The van der Waals surface area contributed by atoms with Crippen LogP contribution in [0.1, 0.15) is 66.7 Å². The van der Waals surface area contributed by atoms with E-state index in [2.05, 4.69) is 54.0 Å². The monoisotopic (exact) mass is 419 g/mol. The van der Waals surface area contributed by atoms with Crippen LogP contribution in [-0.4, -0.2) is 46.6 Å². The van der Waals surface area contributed by atoms with Gasteiger partial charge in [0.15, 0.2) is 5.82 Å². The third kappa shape index (κ3) is 4.58. The van der Waals surface area contributed by atoms with E-state index < -0.39 is 0 Å². The van der Waals surface area contributed by atoms with Crippen molar-refractivity contribution in [2.75, 3.05) is 16.4 Å². The van der Waals surface area contributed by atoms with Crippen molar-refractivity contribution in [3.8, 4) is 0 Å². The van der Waals surface area contributed by atoms with Crippen LogP contribution in [0.15, 0.2) is 23.5 Å². The Morgan fingerprint density at radius 3 is 2.69 bits per heavy atom. The number of nitrogens with zero attached hydrogens (tertiary/aromatic N) is 5. The average molecular weight is 420 g/mol. The standard InChI is InChI=1S/C22H34ClN5O/c1-7-9-10-29-17-11-16(12-17)28-18(8-2)20(25-14(3)4)27(15(5)6)19-13-24-22(23)26-21(19)28/h13-14,16-18H,5,7-12H2,1-4,6H3/b25-20-/t16?,17?,18-/m1/s1. The van der Waals surface area contributed by atoms with E-state index in [-0.39, 0.29) is 17.4 Å². The predicted molar refractivity (Wildman–Crippen MR) is 121 cm³/mol. The SMILES string of the molecule is C=C(C)N1/C(=N\C(C)C)[C@@H](CC)N(C2CC(OCCCC)C2)c2nc(Cl)ncc21. The van der Waals surface area contributed by atoms with Gasteiger partial charge in [0.25, 0.3) is 0 Å². The largest absolute Gasteiger partial charge is 0.378 e. The number of hydrogen-bond donors (Lipinski definition) is 0. The Kier molecular flexibility index (Phi) is 7.17. The molecular weight excluding hydrogens is 386 g/mol. The summed E-state index contributed by atoms with van der Waals surface area (Å²) in [5.41, 5.74) is 1.81. The number of halogens is 1. The number of amidine groups is 1. The molecule has 3 rings (SSSR count). The fourth-order valence-electron chi connectivity index (χ4n) is 4.15. The van der Waals surface area contributed by atoms with Gasteiger partial charge in [-0.05, 0) is 58.1 Å². The van der Waals surface area contributed by atoms with Crippen molar-refractivity contribution < 1.29 is 4.74 Å². The lowest BCUT2D eigenvalue weighted by atomic mass is 9.85. The Labute approximate surface area is 180 Å². The molecule has 1 aromatic rings. The fraction of sp³-hybridized carbons (Fsp3) is 0.682. The fourth-order valence-corrected chi connectivity index (χ4v) is 4.28. The molecule has 1 saturated carbocycles. The number of rotatable bonds is 8. The Balaban J connectivity index is 1.97. The van der Waals surface area contributed by atoms with Crippen LogP contribution in [0.5, 0.6) is 0 Å². The number of unbranched alkanes of at least 4 members (excludes halogenated alkanes) is 1. The first-order valence-corrected chi connectivity index (χ1v) is 11.2. The first kappa shape index (κ1) is 22.0. The van der Waals surface area contributed by atoms with Crippen LogP contribution >= 0.6 is 11.6 Å². The molecule has 1 fully saturated rings. The van der Waals surface area contributed by atoms with E-state index in [0.29, 0.717) is 12.1 Å². The van der Waals surface area contributed by atoms with E-state index in [1.165, 1.54) is 0 Å². The van der Waals surface area contributed by atoms with Crippen molar-refractivity contribution in [1.82, 2.24) is 9.97 Å². The molecule has 6 nitrogen and oxygen atoms in total. The molecular formula is C22H34ClN5O. The van der Waals surface area contributed by atoms with Gasteiger partial charge < -0.3 is 9.64 Å². The van der Waals surface area contributed by atoms with Crippen LogP contribution in [0.3, 0.4) is 0 Å². The summed E-state index contributed by atoms with van der Waals surface area (Å²) in [7, 11) is 0. The molecule has 2 aliphatic rings. The molecule has 0 unspecified atom stereocenters. The molecule has 160 valence electrons. The lowest BCUT2D eigenvalue weighted by Crippen LogP contribution is -2.60. The zero-order valence-corrected chi connectivity index (χ0v) is 19.1. The molecule has 2 heterocycles. The molecule has 0 amide bonds. The molecule has 7 heteroatoms. The summed E-state index contributed by atoms with van der Waals surface area (Å²) < 4.78 is 6.03. The maximum absolute atomic E-state index is 6.22. The molecule has 1 aliphatic heterocycles. The molecule has 1 aliphatic carbocycles. The molecule has 0 N–H and O–H groups in total. The van der Waals surface area contributed by atoms with Gasteiger partial charge in [0.2, 0.25) is 5.28 Å². The van der Waals surface area contributed by atoms with Gasteiger partial charge >= 0.3 is 0 Å². The number of ether oxygens (including phenoxy) is 1. The molecule has 0 saturated heterocycles. The maximum Gasteiger partial charge on any atom is 0.224 e. The first-order chi connectivity index (χ1) is 13.9. The average Bonchev–Trinajstić information content (AvgIpc) is 2.62. The summed E-state index contributed by atoms with van der Waals surface area (Å²) in [5, 5.41) is 0.268. The smallest absolute Gasteiger partial charge is 0.224 e. The zero-order valence-electron chi connectivity index (χ0n) is 18.4. The summed E-state index contributed by atoms with van der Waals surface area (Å²) in [6.45, 7) is 15.7. The quantitative estimate of drug-likeness (QED) is 0.427. The highest BCUT2D eigenvalue weighted by atomic mass is 35.5. The van der Waals surface area contributed by atoms with Crippen LogP contribution in [0.4, 0.5) is 11.5 Å². The second kappa shape index (κ2) is 9.43. The van der Waals surface area contributed by atoms with Crippen LogP contribution < -0.4 is 9.80 Å². The minimum atomic E-state index is 0.120. The topological polar surface area (TPSA) is 53.9 Å². The van der Waals surface area contributed by atoms with E-state index in [9.17, 15) is 0 Å². The number of anilines is 2. The van der Waals surface area contributed by atoms with Gasteiger partial charge in [0.05, 0.1) is 18.3 Å². The number of allylic oxidation sites excluding steroid dienone is 1. The third-order valence-electron chi connectivity index (χ3n) is 5.54. The van der Waals surface area contributed by atoms with E-state index in [1.807, 2.05) is 6.92 Å². The lowest BCUT2D eigenvalue weighted by molar-refractivity contribution is -0.0121. The van der Waals surface area contributed by atoms with Gasteiger partial charge in [0.1, 0.15) is 11.5 Å². The molecule has 0 spiro atoms. The second-order valence-corrected chi connectivity index (χ2v) is 8.64. The van der Waals surface area contributed by atoms with Crippen LogP contribution in [-0.2, 0) is 4.74 Å². The number of hydrogen-bond acceptors (Lipinski definition) is 5. The van der Waals surface area contributed by atoms with Gasteiger partial charge in [-0.15, -0.1) is 0 Å². The highest BCUT2D eigenvalue weighted by Crippen LogP contribution is 2.43. The molecule has 0 aromatic carbocycles. The van der Waals surface area contributed by atoms with E-state index in [1.54, 1.807) is 6.20 Å². The minimum Gasteiger partial charge on any atom is -0.378 e. The maximum atomic E-state index is 6.22. The van der Waals surface area contributed by atoms with E-state index in [0.717, 1.165) is 61.7 Å². The van der Waals surface area contributed by atoms with Gasteiger partial charge in [-0.1, -0.05) is 26.8 Å². The van der Waals surface area contributed by atoms with Gasteiger partial charge in [-0.2, -0.15) is 4.98 Å². The summed E-state index contributed by atoms with van der Waals surface area (Å²) in [6, 6.07) is 0.666. The Bertz CT molecular complexity index is 760. The van der Waals surface area contributed by atoms with Crippen molar-refractivity contribution >= 4 is 28.9 Å². The Hall–Kier alpha value is -1.66. The summed E-state index contributed by atoms with van der Waals surface area (Å²) in [4.78, 5) is 18.4. The van der Waals surface area contributed by atoms with Crippen molar-refractivity contribution in [2.45, 2.75) is 91.0 Å². The van der Waals surface area contributed by atoms with E-state index in [4.69, 9.17) is 21.3 Å². The lowest BCUT2D eigenvalue weighted by Gasteiger charge is -2.51. The Morgan fingerprint density at radius 2 is 2.10 bits per heavy atom. The van der Waals surface area contributed by atoms with Crippen LogP contribution in [0, 0.1) is 0 Å². The highest BCUT2D eigenvalue weighted by Gasteiger charge is 2.45. The number of aliphatic imine (C=N–C) groups is 1. The summed E-state index contributed by atoms with van der Waals surface area (Å²) in [5.74, 6) is 1.89. The molecule has 29 heavy (non-hydrogen) atoms. The normalized spacial score (nSPS) is 25.3. The minimum absolute atomic E-state index is 0.120. The molecule has 1 aromatic heterocycles. The number of fused-ring (bicyclic) bond motifs is 1. The zero-order chi connectivity index (χ0) is 21.1. The van der Waals surface area contributed by atoms with Gasteiger partial charge in [-0.25, -0.2) is 4.98 Å². The van der Waals surface area contributed by atoms with Crippen molar-refractivity contribution in [3.05, 3.63) is 23.8 Å². The van der Waals surface area contributed by atoms with Crippen LogP contribution in [0.25, 0.3) is 0 Å². The van der Waals surface area contributed by atoms with Crippen molar-refractivity contribution in [3.63, 3.8) is 0 Å². The summed E-state index contributed by atoms with van der Waals surface area (Å²) >= 11 is 6.22. The first-order valence-electron chi connectivity index (χ1n) is 10.8. The highest BCUT2D eigenvalue weighted by molar-refractivity contribution is 6.28. The Morgan fingerprint density at radius 1 is 1.38 bits per heavy atom. The second-order valence-electron chi connectivity index (χ2n) is 8.30. The predicted octanol–water partition coefficient (Wildman–Crippen LogP) is 5.22. The molecule has 0 radical (unpaired) electrons.